The van der Waals surface area contributed by atoms with Gasteiger partial charge in [-0.3, -0.25) is 0 Å². The van der Waals surface area contributed by atoms with E-state index in [1.54, 1.807) is 0 Å². The lowest BCUT2D eigenvalue weighted by atomic mass is 9.87. The summed E-state index contributed by atoms with van der Waals surface area (Å²) in [5.74, 6) is 0.461. The van der Waals surface area contributed by atoms with Gasteiger partial charge in [-0.2, -0.15) is 0 Å². The van der Waals surface area contributed by atoms with Gasteiger partial charge < -0.3 is 9.73 Å². The van der Waals surface area contributed by atoms with E-state index in [-0.39, 0.29) is 10.8 Å². The zero-order chi connectivity index (χ0) is 13.6. The van der Waals surface area contributed by atoms with Gasteiger partial charge in [0.2, 0.25) is 5.89 Å². The zero-order valence-corrected chi connectivity index (χ0v) is 12.5. The van der Waals surface area contributed by atoms with Gasteiger partial charge in [0.1, 0.15) is 5.38 Å². The van der Waals surface area contributed by atoms with E-state index in [2.05, 4.69) is 36.3 Å². The van der Waals surface area contributed by atoms with E-state index in [9.17, 15) is 0 Å². The Morgan fingerprint density at radius 2 is 2.06 bits per heavy atom. The van der Waals surface area contributed by atoms with E-state index in [0.717, 1.165) is 6.54 Å². The SMILES string of the molecule is CCCCCC(C)(C)CNc1nnc(C(C)Cl)o1. The molecule has 0 aromatic carbocycles. The minimum atomic E-state index is -0.245. The Balaban J connectivity index is 2.38. The molecule has 1 rings (SSSR count). The van der Waals surface area contributed by atoms with Crippen LogP contribution in [0.1, 0.15) is 64.6 Å². The minimum absolute atomic E-state index is 0.233. The molecular formula is C13H24ClN3O. The van der Waals surface area contributed by atoms with E-state index in [1.165, 1.54) is 25.7 Å². The maximum absolute atomic E-state index is 5.87. The molecule has 18 heavy (non-hydrogen) atoms. The summed E-state index contributed by atoms with van der Waals surface area (Å²) in [6, 6.07) is 0.459. The molecule has 1 unspecified atom stereocenters. The number of hydrogen-bond donors (Lipinski definition) is 1. The number of alkyl halides is 1. The van der Waals surface area contributed by atoms with Crippen LogP contribution in [0.4, 0.5) is 6.01 Å². The number of anilines is 1. The fourth-order valence-corrected chi connectivity index (χ4v) is 1.81. The van der Waals surface area contributed by atoms with Crippen LogP contribution in [0.3, 0.4) is 0 Å². The van der Waals surface area contributed by atoms with E-state index in [4.69, 9.17) is 16.0 Å². The second-order valence-electron chi connectivity index (χ2n) is 5.54. The smallest absolute Gasteiger partial charge is 0.315 e. The molecule has 5 heteroatoms. The molecule has 1 atom stereocenters. The number of nitrogens with one attached hydrogen (secondary N) is 1. The summed E-state index contributed by atoms with van der Waals surface area (Å²) in [4.78, 5) is 0. The largest absolute Gasteiger partial charge is 0.407 e. The Bertz CT molecular complexity index is 350. The Morgan fingerprint density at radius 3 is 2.61 bits per heavy atom. The first-order chi connectivity index (χ1) is 8.44. The number of hydrogen-bond acceptors (Lipinski definition) is 4. The lowest BCUT2D eigenvalue weighted by molar-refractivity contribution is 0.338. The summed E-state index contributed by atoms with van der Waals surface area (Å²) in [5.41, 5.74) is 0.233. The third kappa shape index (κ3) is 5.25. The summed E-state index contributed by atoms with van der Waals surface area (Å²) >= 11 is 5.87. The molecule has 0 saturated heterocycles. The molecular weight excluding hydrogens is 250 g/mol. The predicted molar refractivity (Wildman–Crippen MR) is 75.0 cm³/mol. The first kappa shape index (κ1) is 15.3. The molecule has 0 amide bonds. The zero-order valence-electron chi connectivity index (χ0n) is 11.8. The van der Waals surface area contributed by atoms with E-state index < -0.39 is 0 Å². The number of aromatic nitrogens is 2. The highest BCUT2D eigenvalue weighted by Gasteiger charge is 2.19. The Hall–Kier alpha value is -0.770. The Kier molecular flexibility index (Phi) is 5.93. The number of rotatable bonds is 8. The van der Waals surface area contributed by atoms with Gasteiger partial charge in [0.05, 0.1) is 0 Å². The average Bonchev–Trinajstić information content (AvgIpc) is 2.75. The molecule has 0 saturated carbocycles. The molecule has 4 nitrogen and oxygen atoms in total. The highest BCUT2D eigenvalue weighted by molar-refractivity contribution is 6.20. The first-order valence-corrected chi connectivity index (χ1v) is 7.09. The molecule has 0 spiro atoms. The minimum Gasteiger partial charge on any atom is -0.407 e. The van der Waals surface area contributed by atoms with Gasteiger partial charge >= 0.3 is 6.01 Å². The van der Waals surface area contributed by atoms with Crippen molar-refractivity contribution < 1.29 is 4.42 Å². The van der Waals surface area contributed by atoms with Crippen LogP contribution in [0.5, 0.6) is 0 Å². The normalized spacial score (nSPS) is 13.6. The summed E-state index contributed by atoms with van der Waals surface area (Å²) in [5, 5.41) is 10.7. The third-order valence-corrected chi connectivity index (χ3v) is 3.14. The van der Waals surface area contributed by atoms with Crippen molar-refractivity contribution in [1.82, 2.24) is 10.2 Å². The van der Waals surface area contributed by atoms with Crippen molar-refractivity contribution in [3.63, 3.8) is 0 Å². The summed E-state index contributed by atoms with van der Waals surface area (Å²) in [6.07, 6.45) is 5.00. The van der Waals surface area contributed by atoms with E-state index in [1.807, 2.05) is 6.92 Å². The fraction of sp³-hybridized carbons (Fsp3) is 0.846. The maximum Gasteiger partial charge on any atom is 0.315 e. The van der Waals surface area contributed by atoms with Gasteiger partial charge in [-0.05, 0) is 18.8 Å². The average molecular weight is 274 g/mol. The second kappa shape index (κ2) is 6.98. The van der Waals surface area contributed by atoms with Crippen LogP contribution < -0.4 is 5.32 Å². The van der Waals surface area contributed by atoms with Gasteiger partial charge in [0, 0.05) is 6.54 Å². The van der Waals surface area contributed by atoms with Crippen LogP contribution in [0.25, 0.3) is 0 Å². The van der Waals surface area contributed by atoms with Crippen LogP contribution in [-0.4, -0.2) is 16.7 Å². The lowest BCUT2D eigenvalue weighted by Crippen LogP contribution is -2.23. The van der Waals surface area contributed by atoms with Gasteiger partial charge in [0.15, 0.2) is 0 Å². The standard InChI is InChI=1S/C13H24ClN3O/c1-5-6-7-8-13(3,4)9-15-12-17-16-11(18-12)10(2)14/h10H,5-9H2,1-4H3,(H,15,17). The Morgan fingerprint density at radius 1 is 1.33 bits per heavy atom. The van der Waals surface area contributed by atoms with Crippen molar-refractivity contribution in [3.8, 4) is 0 Å². The maximum atomic E-state index is 5.87. The van der Waals surface area contributed by atoms with Crippen LogP contribution in [0, 0.1) is 5.41 Å². The van der Waals surface area contributed by atoms with Crippen LogP contribution in [0.2, 0.25) is 0 Å². The van der Waals surface area contributed by atoms with Crippen LogP contribution >= 0.6 is 11.6 Å². The molecule has 0 aliphatic heterocycles. The monoisotopic (exact) mass is 273 g/mol. The van der Waals surface area contributed by atoms with Crippen molar-refractivity contribution in [2.75, 3.05) is 11.9 Å². The number of halogens is 1. The summed E-state index contributed by atoms with van der Waals surface area (Å²) in [7, 11) is 0. The summed E-state index contributed by atoms with van der Waals surface area (Å²) in [6.45, 7) is 9.36. The van der Waals surface area contributed by atoms with Gasteiger partial charge in [0.25, 0.3) is 0 Å². The van der Waals surface area contributed by atoms with Gasteiger partial charge in [-0.1, -0.05) is 45.1 Å². The van der Waals surface area contributed by atoms with Crippen molar-refractivity contribution in [1.29, 1.82) is 0 Å². The lowest BCUT2D eigenvalue weighted by Gasteiger charge is -2.24. The molecule has 1 aromatic heterocycles. The Labute approximate surface area is 115 Å². The van der Waals surface area contributed by atoms with E-state index >= 15 is 0 Å². The van der Waals surface area contributed by atoms with Crippen LogP contribution in [0.15, 0.2) is 4.42 Å². The fourth-order valence-electron chi connectivity index (χ4n) is 1.72. The molecule has 0 aliphatic rings. The molecule has 0 radical (unpaired) electrons. The van der Waals surface area contributed by atoms with Crippen molar-refractivity contribution in [2.24, 2.45) is 5.41 Å². The van der Waals surface area contributed by atoms with Crippen molar-refractivity contribution >= 4 is 17.6 Å². The third-order valence-electron chi connectivity index (χ3n) is 2.96. The topological polar surface area (TPSA) is 51.0 Å². The predicted octanol–water partition coefficient (Wildman–Crippen LogP) is 4.39. The summed E-state index contributed by atoms with van der Waals surface area (Å²) < 4.78 is 5.40. The quantitative estimate of drug-likeness (QED) is 0.564. The molecule has 0 fully saturated rings. The van der Waals surface area contributed by atoms with Crippen LogP contribution in [-0.2, 0) is 0 Å². The highest BCUT2D eigenvalue weighted by Crippen LogP contribution is 2.25. The molecule has 0 aliphatic carbocycles. The molecule has 1 heterocycles. The second-order valence-corrected chi connectivity index (χ2v) is 6.19. The van der Waals surface area contributed by atoms with Crippen molar-refractivity contribution in [2.45, 2.75) is 58.8 Å². The highest BCUT2D eigenvalue weighted by atomic mass is 35.5. The molecule has 0 bridgehead atoms. The van der Waals surface area contributed by atoms with Gasteiger partial charge in [-0.15, -0.1) is 16.7 Å². The number of unbranched alkanes of at least 4 members (excludes halogenated alkanes) is 2. The first-order valence-electron chi connectivity index (χ1n) is 6.66. The number of nitrogens with zero attached hydrogens (tertiary/aromatic N) is 2. The molecule has 1 aromatic rings. The van der Waals surface area contributed by atoms with Crippen molar-refractivity contribution in [3.05, 3.63) is 5.89 Å². The van der Waals surface area contributed by atoms with Gasteiger partial charge in [-0.25, -0.2) is 0 Å². The molecule has 1 N–H and O–H groups in total. The molecule has 104 valence electrons. The van der Waals surface area contributed by atoms with E-state index in [0.29, 0.717) is 11.9 Å².